The van der Waals surface area contributed by atoms with Gasteiger partial charge >= 0.3 is 6.18 Å². The maximum Gasteiger partial charge on any atom is 0.419 e. The molecule has 0 bridgehead atoms. The monoisotopic (exact) mass is 346 g/mol. The van der Waals surface area contributed by atoms with Crippen molar-refractivity contribution in [3.8, 4) is 5.75 Å². The van der Waals surface area contributed by atoms with E-state index >= 15 is 0 Å². The number of hydrogen-bond acceptors (Lipinski definition) is 3. The Labute approximate surface area is 135 Å². The van der Waals surface area contributed by atoms with Crippen molar-refractivity contribution in [2.24, 2.45) is 0 Å². The number of benzene rings is 2. The Hall–Kier alpha value is -2.35. The summed E-state index contributed by atoms with van der Waals surface area (Å²) >= 11 is 0. The molecule has 0 atom stereocenters. The maximum atomic E-state index is 12.9. The number of anilines is 1. The molecule has 130 valence electrons. The minimum Gasteiger partial charge on any atom is -0.487 e. The van der Waals surface area contributed by atoms with Crippen molar-refractivity contribution in [3.05, 3.63) is 59.7 Å². The van der Waals surface area contributed by atoms with Crippen molar-refractivity contribution in [2.45, 2.75) is 19.1 Å². The van der Waals surface area contributed by atoms with Gasteiger partial charge in [0.15, 0.2) is 0 Å². The topological polar surface area (TPSA) is 33.3 Å². The van der Waals surface area contributed by atoms with E-state index in [2.05, 4.69) is 15.6 Å². The average Bonchev–Trinajstić information content (AvgIpc) is 2.53. The predicted molar refractivity (Wildman–Crippen MR) is 79.8 cm³/mol. The zero-order chi connectivity index (χ0) is 17.6. The molecule has 24 heavy (non-hydrogen) atoms. The molecule has 0 saturated heterocycles. The van der Waals surface area contributed by atoms with Crippen LogP contribution in [0.3, 0.4) is 0 Å². The molecule has 0 spiro atoms. The minimum absolute atomic E-state index is 0.179. The van der Waals surface area contributed by atoms with Crippen LogP contribution in [0.2, 0.25) is 0 Å². The third-order valence-electron chi connectivity index (χ3n) is 3.02. The Bertz CT molecular complexity index is 647. The molecule has 0 aliphatic heterocycles. The van der Waals surface area contributed by atoms with Crippen molar-refractivity contribution in [3.63, 3.8) is 0 Å². The van der Waals surface area contributed by atoms with Crippen molar-refractivity contribution >= 4 is 5.69 Å². The molecule has 3 nitrogen and oxygen atoms in total. The van der Waals surface area contributed by atoms with E-state index in [1.165, 1.54) is 6.07 Å². The number of nitrogens with one attached hydrogen (secondary N) is 2. The molecule has 0 fully saturated rings. The quantitative estimate of drug-likeness (QED) is 0.573. The Morgan fingerprint density at radius 3 is 2.33 bits per heavy atom. The number of para-hydroxylation sites is 1. The fraction of sp³-hybridized carbons (Fsp3) is 0.250. The lowest BCUT2D eigenvalue weighted by Gasteiger charge is -2.16. The van der Waals surface area contributed by atoms with Gasteiger partial charge in [-0.3, -0.25) is 0 Å². The molecule has 2 aromatic carbocycles. The lowest BCUT2D eigenvalue weighted by Crippen LogP contribution is -2.21. The second-order valence-corrected chi connectivity index (χ2v) is 4.87. The summed E-state index contributed by atoms with van der Waals surface area (Å²) in [5, 5.41) is 0. The molecule has 0 heterocycles. The van der Waals surface area contributed by atoms with Gasteiger partial charge in [0.2, 0.25) is 0 Å². The molecule has 2 aromatic rings. The predicted octanol–water partition coefficient (Wildman–Crippen LogP) is 4.47. The van der Waals surface area contributed by atoms with Gasteiger partial charge in [-0.15, -0.1) is 0 Å². The number of ether oxygens (including phenoxy) is 1. The molecule has 0 aliphatic carbocycles. The zero-order valence-electron chi connectivity index (χ0n) is 12.4. The van der Waals surface area contributed by atoms with Crippen LogP contribution >= 0.6 is 0 Å². The van der Waals surface area contributed by atoms with Crippen LogP contribution in [0.15, 0.2) is 48.5 Å². The smallest absolute Gasteiger partial charge is 0.419 e. The average molecular weight is 346 g/mol. The van der Waals surface area contributed by atoms with E-state index in [0.29, 0.717) is 5.56 Å². The second kappa shape index (κ2) is 7.96. The fourth-order valence-electron chi connectivity index (χ4n) is 1.95. The Morgan fingerprint density at radius 1 is 1.00 bits per heavy atom. The summed E-state index contributed by atoms with van der Waals surface area (Å²) < 4.78 is 67.7. The van der Waals surface area contributed by atoms with E-state index in [4.69, 9.17) is 0 Å². The van der Waals surface area contributed by atoms with Crippen LogP contribution in [0, 0.1) is 0 Å². The van der Waals surface area contributed by atoms with E-state index in [1.54, 1.807) is 12.1 Å². The number of hydrogen-bond donors (Lipinski definition) is 2. The highest BCUT2D eigenvalue weighted by molar-refractivity contribution is 5.42. The van der Waals surface area contributed by atoms with Crippen molar-refractivity contribution in [2.75, 3.05) is 12.0 Å². The van der Waals surface area contributed by atoms with Gasteiger partial charge in [-0.1, -0.05) is 24.3 Å². The summed E-state index contributed by atoms with van der Waals surface area (Å²) in [4.78, 5) is 0. The largest absolute Gasteiger partial charge is 0.487 e. The molecule has 8 heteroatoms. The highest BCUT2D eigenvalue weighted by Crippen LogP contribution is 2.36. The summed E-state index contributed by atoms with van der Waals surface area (Å²) in [5.41, 5.74) is 5.86. The van der Waals surface area contributed by atoms with Gasteiger partial charge in [0, 0.05) is 12.2 Å². The van der Waals surface area contributed by atoms with Crippen molar-refractivity contribution in [1.82, 2.24) is 5.43 Å². The number of halogens is 5. The van der Waals surface area contributed by atoms with Gasteiger partial charge in [-0.25, -0.2) is 14.2 Å². The lowest BCUT2D eigenvalue weighted by atomic mass is 10.1. The molecular formula is C16H15F5N2O. The second-order valence-electron chi connectivity index (χ2n) is 4.87. The van der Waals surface area contributed by atoms with Gasteiger partial charge in [-0.05, 0) is 29.8 Å². The van der Waals surface area contributed by atoms with Crippen molar-refractivity contribution < 1.29 is 26.7 Å². The van der Waals surface area contributed by atoms with E-state index in [-0.39, 0.29) is 6.54 Å². The van der Waals surface area contributed by atoms with Crippen molar-refractivity contribution in [1.29, 1.82) is 0 Å². The van der Waals surface area contributed by atoms with E-state index in [0.717, 1.165) is 17.8 Å². The third kappa shape index (κ3) is 5.38. The van der Waals surface area contributed by atoms with E-state index < -0.39 is 30.5 Å². The lowest BCUT2D eigenvalue weighted by molar-refractivity contribution is -0.139. The van der Waals surface area contributed by atoms with Crippen LogP contribution in [0.4, 0.5) is 27.6 Å². The zero-order valence-corrected chi connectivity index (χ0v) is 12.4. The Kier molecular flexibility index (Phi) is 5.97. The first-order valence-electron chi connectivity index (χ1n) is 7.01. The van der Waals surface area contributed by atoms with Gasteiger partial charge in [0.05, 0.1) is 5.56 Å². The van der Waals surface area contributed by atoms with Crippen LogP contribution in [0.1, 0.15) is 11.1 Å². The van der Waals surface area contributed by atoms with Gasteiger partial charge < -0.3 is 10.2 Å². The molecule has 2 rings (SSSR count). The first-order valence-corrected chi connectivity index (χ1v) is 7.01. The number of hydrazine groups is 1. The summed E-state index contributed by atoms with van der Waals surface area (Å²) in [6.45, 7) is -0.916. The molecule has 0 unspecified atom stereocenters. The van der Waals surface area contributed by atoms with E-state index in [1.807, 2.05) is 18.2 Å². The summed E-state index contributed by atoms with van der Waals surface area (Å²) in [7, 11) is 0. The Balaban J connectivity index is 2.06. The molecule has 0 amide bonds. The first-order chi connectivity index (χ1) is 11.4. The third-order valence-corrected chi connectivity index (χ3v) is 3.02. The number of rotatable bonds is 7. The molecule has 2 N–H and O–H groups in total. The molecule has 0 saturated carbocycles. The highest BCUT2D eigenvalue weighted by Gasteiger charge is 2.34. The summed E-state index contributed by atoms with van der Waals surface area (Å²) in [5.74, 6) is -0.609. The molecule has 0 aromatic heterocycles. The SMILES string of the molecule is FC(F)COc1cc(CNNc2ccccc2)ccc1C(F)(F)F. The highest BCUT2D eigenvalue weighted by atomic mass is 19.4. The van der Waals surface area contributed by atoms with Gasteiger partial charge in [0.1, 0.15) is 12.4 Å². The van der Waals surface area contributed by atoms with Crippen LogP contribution in [-0.2, 0) is 12.7 Å². The molecule has 0 aliphatic rings. The molecule has 0 radical (unpaired) electrons. The molecular weight excluding hydrogens is 331 g/mol. The van der Waals surface area contributed by atoms with E-state index in [9.17, 15) is 22.0 Å². The van der Waals surface area contributed by atoms with Crippen LogP contribution in [0.5, 0.6) is 5.75 Å². The van der Waals surface area contributed by atoms with Crippen LogP contribution < -0.4 is 15.6 Å². The fourth-order valence-corrected chi connectivity index (χ4v) is 1.95. The maximum absolute atomic E-state index is 12.9. The number of alkyl halides is 5. The normalized spacial score (nSPS) is 11.6. The van der Waals surface area contributed by atoms with Crippen LogP contribution in [0.25, 0.3) is 0 Å². The Morgan fingerprint density at radius 2 is 1.71 bits per heavy atom. The van der Waals surface area contributed by atoms with Crippen LogP contribution in [-0.4, -0.2) is 13.0 Å². The standard InChI is InChI=1S/C16H15F5N2O/c17-15(18)10-24-14-8-11(6-7-13(14)16(19,20)21)9-22-23-12-4-2-1-3-5-12/h1-8,15,22-23H,9-10H2. The summed E-state index contributed by atoms with van der Waals surface area (Å²) in [6.07, 6.45) is -7.53. The minimum atomic E-state index is -4.67. The summed E-state index contributed by atoms with van der Waals surface area (Å²) in [6, 6.07) is 12.3. The van der Waals surface area contributed by atoms with Gasteiger partial charge in [-0.2, -0.15) is 13.2 Å². The first kappa shape index (κ1) is 18.0. The van der Waals surface area contributed by atoms with Gasteiger partial charge in [0.25, 0.3) is 6.43 Å².